The summed E-state index contributed by atoms with van der Waals surface area (Å²) in [5, 5.41) is 15.2. The molecular formula is C19H23F2N4OS+. The standard InChI is InChI=1S/C19H22F2N4OS/c1-3-15-22-19-25(23-15)18(26)17(27-19)16(24-8-6-11(2)7-9-24)12-4-5-13(20)14(21)10-12/h4-5,10-11,16,26H,3,6-9H2,1-2H3/p+1/t16-/m1/s1. The van der Waals surface area contributed by atoms with E-state index >= 15 is 0 Å². The Morgan fingerprint density at radius 1 is 1.30 bits per heavy atom. The van der Waals surface area contributed by atoms with E-state index in [-0.39, 0.29) is 11.9 Å². The maximum absolute atomic E-state index is 14.0. The van der Waals surface area contributed by atoms with Crippen molar-refractivity contribution in [1.82, 2.24) is 14.6 Å². The van der Waals surface area contributed by atoms with Crippen LogP contribution in [0, 0.1) is 17.6 Å². The van der Waals surface area contributed by atoms with Crippen LogP contribution in [0.15, 0.2) is 18.2 Å². The van der Waals surface area contributed by atoms with E-state index < -0.39 is 11.6 Å². The first-order chi connectivity index (χ1) is 13.0. The number of aromatic nitrogens is 3. The van der Waals surface area contributed by atoms with Crippen molar-refractivity contribution in [3.63, 3.8) is 0 Å². The van der Waals surface area contributed by atoms with Gasteiger partial charge in [-0.1, -0.05) is 25.2 Å². The number of likely N-dealkylation sites (tertiary alicyclic amines) is 1. The molecule has 1 aliphatic heterocycles. The molecule has 3 heterocycles. The Morgan fingerprint density at radius 2 is 2.04 bits per heavy atom. The Kier molecular flexibility index (Phi) is 4.86. The highest BCUT2D eigenvalue weighted by Crippen LogP contribution is 2.35. The summed E-state index contributed by atoms with van der Waals surface area (Å²) in [5.74, 6) is -0.356. The first-order valence-electron chi connectivity index (χ1n) is 9.34. The van der Waals surface area contributed by atoms with Crippen LogP contribution in [0.5, 0.6) is 5.88 Å². The molecular weight excluding hydrogens is 370 g/mol. The van der Waals surface area contributed by atoms with Crippen LogP contribution in [0.4, 0.5) is 8.78 Å². The van der Waals surface area contributed by atoms with Gasteiger partial charge in [0.25, 0.3) is 0 Å². The zero-order chi connectivity index (χ0) is 19.1. The van der Waals surface area contributed by atoms with E-state index in [1.807, 2.05) is 6.92 Å². The van der Waals surface area contributed by atoms with Crippen LogP contribution in [-0.4, -0.2) is 32.8 Å². The highest BCUT2D eigenvalue weighted by atomic mass is 32.1. The molecule has 0 aliphatic carbocycles. The third kappa shape index (κ3) is 3.32. The molecule has 144 valence electrons. The topological polar surface area (TPSA) is 54.9 Å². The second kappa shape index (κ2) is 7.16. The molecule has 0 bridgehead atoms. The van der Waals surface area contributed by atoms with E-state index in [2.05, 4.69) is 17.0 Å². The number of piperidine rings is 1. The number of thiazole rings is 1. The molecule has 2 aromatic heterocycles. The Morgan fingerprint density at radius 3 is 2.67 bits per heavy atom. The fourth-order valence-electron chi connectivity index (χ4n) is 3.81. The fourth-order valence-corrected chi connectivity index (χ4v) is 4.97. The van der Waals surface area contributed by atoms with Crippen LogP contribution in [0.1, 0.15) is 49.0 Å². The lowest BCUT2D eigenvalue weighted by Gasteiger charge is -2.33. The molecule has 0 unspecified atom stereocenters. The largest absolute Gasteiger partial charge is 0.492 e. The third-order valence-electron chi connectivity index (χ3n) is 5.42. The van der Waals surface area contributed by atoms with Gasteiger partial charge in [0, 0.05) is 12.0 Å². The summed E-state index contributed by atoms with van der Waals surface area (Å²) >= 11 is 1.37. The summed E-state index contributed by atoms with van der Waals surface area (Å²) in [7, 11) is 0. The van der Waals surface area contributed by atoms with Gasteiger partial charge in [-0.3, -0.25) is 0 Å². The number of fused-ring (bicyclic) bond motifs is 1. The van der Waals surface area contributed by atoms with Gasteiger partial charge in [-0.25, -0.2) is 13.8 Å². The molecule has 1 aliphatic rings. The molecule has 0 radical (unpaired) electrons. The average molecular weight is 393 g/mol. The normalized spacial score (nSPS) is 21.6. The van der Waals surface area contributed by atoms with Gasteiger partial charge >= 0.3 is 0 Å². The minimum absolute atomic E-state index is 0.0445. The van der Waals surface area contributed by atoms with E-state index in [0.717, 1.165) is 32.0 Å². The molecule has 27 heavy (non-hydrogen) atoms. The average Bonchev–Trinajstić information content (AvgIpc) is 3.19. The summed E-state index contributed by atoms with van der Waals surface area (Å²) in [4.78, 5) is 7.01. The van der Waals surface area contributed by atoms with Gasteiger partial charge in [-0.2, -0.15) is 4.52 Å². The predicted molar refractivity (Wildman–Crippen MR) is 99.2 cm³/mol. The Hall–Kier alpha value is -2.06. The number of quaternary nitrogens is 1. The zero-order valence-corrected chi connectivity index (χ0v) is 16.2. The van der Waals surface area contributed by atoms with E-state index in [1.165, 1.54) is 26.8 Å². The van der Waals surface area contributed by atoms with Crippen LogP contribution < -0.4 is 4.90 Å². The van der Waals surface area contributed by atoms with Gasteiger partial charge in [0.05, 0.1) is 13.1 Å². The van der Waals surface area contributed by atoms with Crippen molar-refractivity contribution in [2.75, 3.05) is 13.1 Å². The maximum atomic E-state index is 14.0. The molecule has 0 saturated carbocycles. The predicted octanol–water partition coefficient (Wildman–Crippen LogP) is 2.74. The minimum atomic E-state index is -0.866. The number of halogens is 2. The molecule has 2 N–H and O–H groups in total. The summed E-state index contributed by atoms with van der Waals surface area (Å²) in [5.41, 5.74) is 0.661. The highest BCUT2D eigenvalue weighted by Gasteiger charge is 2.35. The summed E-state index contributed by atoms with van der Waals surface area (Å²) in [6, 6.07) is 3.75. The minimum Gasteiger partial charge on any atom is -0.492 e. The van der Waals surface area contributed by atoms with Crippen LogP contribution in [0.3, 0.4) is 0 Å². The first-order valence-corrected chi connectivity index (χ1v) is 10.2. The molecule has 1 atom stereocenters. The number of nitrogens with zero attached hydrogens (tertiary/aromatic N) is 3. The van der Waals surface area contributed by atoms with Gasteiger partial charge in [0.2, 0.25) is 10.8 Å². The molecule has 1 fully saturated rings. The summed E-state index contributed by atoms with van der Waals surface area (Å²) in [6.07, 6.45) is 2.82. The van der Waals surface area contributed by atoms with Gasteiger partial charge in [0.1, 0.15) is 4.88 Å². The van der Waals surface area contributed by atoms with Crippen molar-refractivity contribution < 1.29 is 18.8 Å². The lowest BCUT2D eigenvalue weighted by Crippen LogP contribution is -3.13. The van der Waals surface area contributed by atoms with Crippen LogP contribution in [0.2, 0.25) is 0 Å². The number of hydrogen-bond donors (Lipinski definition) is 2. The number of nitrogens with one attached hydrogen (secondary N) is 1. The molecule has 1 aromatic carbocycles. The molecule has 3 aromatic rings. The number of benzene rings is 1. The first kappa shape index (κ1) is 18.3. The Labute approximate surface area is 160 Å². The molecule has 0 amide bonds. The van der Waals surface area contributed by atoms with Gasteiger partial charge in [-0.15, -0.1) is 5.10 Å². The fraction of sp³-hybridized carbons (Fsp3) is 0.474. The highest BCUT2D eigenvalue weighted by molar-refractivity contribution is 7.17. The van der Waals surface area contributed by atoms with E-state index in [0.29, 0.717) is 33.6 Å². The van der Waals surface area contributed by atoms with E-state index in [4.69, 9.17) is 0 Å². The Balaban J connectivity index is 1.80. The van der Waals surface area contributed by atoms with Gasteiger partial charge in [0.15, 0.2) is 23.5 Å². The van der Waals surface area contributed by atoms with Crippen molar-refractivity contribution in [3.8, 4) is 5.88 Å². The molecule has 5 nitrogen and oxygen atoms in total. The Bertz CT molecular complexity index is 962. The summed E-state index contributed by atoms with van der Waals surface area (Å²) in [6.45, 7) is 6.02. The second-order valence-electron chi connectivity index (χ2n) is 7.31. The monoisotopic (exact) mass is 393 g/mol. The van der Waals surface area contributed by atoms with Crippen molar-refractivity contribution >= 4 is 16.3 Å². The molecule has 0 spiro atoms. The molecule has 4 rings (SSSR count). The van der Waals surface area contributed by atoms with E-state index in [9.17, 15) is 13.9 Å². The van der Waals surface area contributed by atoms with Crippen LogP contribution in [0.25, 0.3) is 4.96 Å². The molecule has 1 saturated heterocycles. The third-order valence-corrected chi connectivity index (χ3v) is 6.51. The SMILES string of the molecule is CCc1nc2sc([C@@H](c3ccc(F)c(F)c3)[NH+]3CCC(C)CC3)c(O)n2n1. The second-order valence-corrected chi connectivity index (χ2v) is 8.32. The lowest BCUT2D eigenvalue weighted by molar-refractivity contribution is -0.931. The van der Waals surface area contributed by atoms with Crippen LogP contribution >= 0.6 is 11.3 Å². The quantitative estimate of drug-likeness (QED) is 0.717. The number of aryl methyl sites for hydroxylation is 1. The number of aromatic hydroxyl groups is 1. The van der Waals surface area contributed by atoms with Crippen molar-refractivity contribution in [2.45, 2.75) is 39.2 Å². The zero-order valence-electron chi connectivity index (χ0n) is 15.4. The molecule has 8 heteroatoms. The van der Waals surface area contributed by atoms with Crippen molar-refractivity contribution in [1.29, 1.82) is 0 Å². The summed E-state index contributed by atoms with van der Waals surface area (Å²) < 4.78 is 28.9. The van der Waals surface area contributed by atoms with Crippen LogP contribution in [-0.2, 0) is 6.42 Å². The smallest absolute Gasteiger partial charge is 0.235 e. The van der Waals surface area contributed by atoms with Crippen molar-refractivity contribution in [3.05, 3.63) is 46.1 Å². The van der Waals surface area contributed by atoms with Gasteiger partial charge in [-0.05, 0) is 37.0 Å². The van der Waals surface area contributed by atoms with Gasteiger partial charge < -0.3 is 10.0 Å². The van der Waals surface area contributed by atoms with E-state index in [1.54, 1.807) is 6.07 Å². The maximum Gasteiger partial charge on any atom is 0.235 e. The number of rotatable bonds is 4. The van der Waals surface area contributed by atoms with Crippen molar-refractivity contribution in [2.24, 2.45) is 5.92 Å². The number of hydrogen-bond acceptors (Lipinski definition) is 4. The lowest BCUT2D eigenvalue weighted by atomic mass is 9.95.